The average molecular weight is 198 g/mol. The molecule has 0 saturated heterocycles. The third-order valence-corrected chi connectivity index (χ3v) is 1.56. The first-order valence-electron chi connectivity index (χ1n) is 4.30. The zero-order valence-corrected chi connectivity index (χ0v) is 7.77. The predicted molar refractivity (Wildman–Crippen MR) is 48.1 cm³/mol. The van der Waals surface area contributed by atoms with Gasteiger partial charge in [0.15, 0.2) is 0 Å². The van der Waals surface area contributed by atoms with Crippen molar-refractivity contribution in [3.8, 4) is 0 Å². The lowest BCUT2D eigenvalue weighted by Gasteiger charge is -2.05. The number of carbonyl (C=O) groups is 1. The Morgan fingerprint density at radius 1 is 1.43 bits per heavy atom. The highest BCUT2D eigenvalue weighted by atomic mass is 19.1. The molecule has 0 aliphatic rings. The zero-order chi connectivity index (χ0) is 10.4. The summed E-state index contributed by atoms with van der Waals surface area (Å²) in [6, 6.07) is 8.25. The average Bonchev–Trinajstić information content (AvgIpc) is 2.26. The van der Waals surface area contributed by atoms with E-state index < -0.39 is 12.3 Å². The van der Waals surface area contributed by atoms with Crippen LogP contribution in [0.3, 0.4) is 0 Å². The normalized spacial score (nSPS) is 12.1. The Balaban J connectivity index is 2.44. The van der Waals surface area contributed by atoms with Gasteiger partial charge >= 0.3 is 5.97 Å². The Hall–Kier alpha value is -1.42. The molecule has 1 aromatic rings. The van der Waals surface area contributed by atoms with E-state index >= 15 is 0 Å². The molecule has 0 radical (unpaired) electrons. The van der Waals surface area contributed by atoms with Crippen LogP contribution >= 0.6 is 0 Å². The van der Waals surface area contributed by atoms with E-state index in [2.05, 4.69) is 9.78 Å². The van der Waals surface area contributed by atoms with Crippen LogP contribution in [0.1, 0.15) is 23.7 Å². The van der Waals surface area contributed by atoms with Gasteiger partial charge in [-0.2, -0.15) is 0 Å². The summed E-state index contributed by atoms with van der Waals surface area (Å²) in [5.74, 6) is -0.693. The molecule has 1 atom stereocenters. The molecule has 0 aliphatic heterocycles. The maximum absolute atomic E-state index is 12.5. The van der Waals surface area contributed by atoms with E-state index in [1.165, 1.54) is 0 Å². The summed E-state index contributed by atoms with van der Waals surface area (Å²) in [6.07, 6.45) is -1.43. The number of hydrogen-bond acceptors (Lipinski definition) is 3. The van der Waals surface area contributed by atoms with Gasteiger partial charge in [-0.15, -0.1) is 4.89 Å². The number of alkyl halides is 1. The molecule has 3 nitrogen and oxygen atoms in total. The lowest BCUT2D eigenvalue weighted by atomic mass is 10.2. The van der Waals surface area contributed by atoms with Gasteiger partial charge in [-0.25, -0.2) is 9.18 Å². The summed E-state index contributed by atoms with van der Waals surface area (Å²) in [4.78, 5) is 19.6. The van der Waals surface area contributed by atoms with Crippen molar-refractivity contribution in [3.63, 3.8) is 0 Å². The molecule has 1 aromatic carbocycles. The Morgan fingerprint density at radius 3 is 2.64 bits per heavy atom. The molecular weight excluding hydrogens is 187 g/mol. The minimum Gasteiger partial charge on any atom is -0.290 e. The van der Waals surface area contributed by atoms with Crippen molar-refractivity contribution in [1.82, 2.24) is 0 Å². The summed E-state index contributed by atoms with van der Waals surface area (Å²) < 4.78 is 12.5. The minimum absolute atomic E-state index is 0.141. The largest absolute Gasteiger partial charge is 0.373 e. The van der Waals surface area contributed by atoms with Crippen molar-refractivity contribution in [1.29, 1.82) is 0 Å². The van der Waals surface area contributed by atoms with E-state index in [1.54, 1.807) is 37.3 Å². The molecule has 0 aliphatic carbocycles. The van der Waals surface area contributed by atoms with Crippen molar-refractivity contribution >= 4 is 5.97 Å². The maximum Gasteiger partial charge on any atom is 0.373 e. The van der Waals surface area contributed by atoms with Gasteiger partial charge in [0, 0.05) is 6.42 Å². The Morgan fingerprint density at radius 2 is 2.07 bits per heavy atom. The molecule has 14 heavy (non-hydrogen) atoms. The lowest BCUT2D eigenvalue weighted by Crippen LogP contribution is -2.11. The molecule has 0 amide bonds. The summed E-state index contributed by atoms with van der Waals surface area (Å²) in [5, 5.41) is 0. The van der Waals surface area contributed by atoms with Crippen molar-refractivity contribution < 1.29 is 19.0 Å². The van der Waals surface area contributed by atoms with Crippen molar-refractivity contribution in [3.05, 3.63) is 35.9 Å². The van der Waals surface area contributed by atoms with Crippen molar-refractivity contribution in [2.75, 3.05) is 0 Å². The van der Waals surface area contributed by atoms with Gasteiger partial charge in [0.05, 0.1) is 5.56 Å². The molecule has 0 bridgehead atoms. The Kier molecular flexibility index (Phi) is 4.07. The van der Waals surface area contributed by atoms with Gasteiger partial charge < -0.3 is 0 Å². The third-order valence-electron chi connectivity index (χ3n) is 1.56. The van der Waals surface area contributed by atoms with E-state index in [4.69, 9.17) is 0 Å². The molecule has 0 aromatic heterocycles. The first-order chi connectivity index (χ1) is 6.74. The highest BCUT2D eigenvalue weighted by molar-refractivity contribution is 5.88. The minimum atomic E-state index is -1.57. The van der Waals surface area contributed by atoms with Crippen LogP contribution in [0.15, 0.2) is 30.3 Å². The maximum atomic E-state index is 12.5. The Bertz CT molecular complexity index is 287. The van der Waals surface area contributed by atoms with Crippen LogP contribution in [-0.2, 0) is 9.78 Å². The molecule has 0 N–H and O–H groups in total. The second-order valence-electron chi connectivity index (χ2n) is 2.65. The van der Waals surface area contributed by atoms with E-state index in [9.17, 15) is 9.18 Å². The van der Waals surface area contributed by atoms with Gasteiger partial charge in [-0.1, -0.05) is 25.1 Å². The molecule has 0 fully saturated rings. The van der Waals surface area contributed by atoms with Crippen molar-refractivity contribution in [2.45, 2.75) is 19.7 Å². The standard InChI is InChI=1S/C10H11FO3/c1-2-9(11)13-14-10(12)8-6-4-3-5-7-8/h3-7,9H,2H2,1H3. The summed E-state index contributed by atoms with van der Waals surface area (Å²) in [7, 11) is 0. The van der Waals surface area contributed by atoms with Crippen LogP contribution in [0.2, 0.25) is 0 Å². The van der Waals surface area contributed by atoms with E-state index in [1.807, 2.05) is 0 Å². The second-order valence-corrected chi connectivity index (χ2v) is 2.65. The molecule has 1 rings (SSSR count). The van der Waals surface area contributed by atoms with Crippen molar-refractivity contribution in [2.24, 2.45) is 0 Å². The molecule has 0 spiro atoms. The van der Waals surface area contributed by atoms with Crippen LogP contribution in [0.25, 0.3) is 0 Å². The lowest BCUT2D eigenvalue weighted by molar-refractivity contribution is -0.306. The van der Waals surface area contributed by atoms with E-state index in [0.29, 0.717) is 5.56 Å². The number of halogens is 1. The van der Waals surface area contributed by atoms with Gasteiger partial charge in [0.2, 0.25) is 6.36 Å². The highest BCUT2D eigenvalue weighted by Crippen LogP contribution is 2.05. The van der Waals surface area contributed by atoms with Gasteiger partial charge in [-0.3, -0.25) is 4.89 Å². The highest BCUT2D eigenvalue weighted by Gasteiger charge is 2.11. The molecule has 0 heterocycles. The summed E-state index contributed by atoms with van der Waals surface area (Å²) >= 11 is 0. The van der Waals surface area contributed by atoms with Gasteiger partial charge in [-0.05, 0) is 12.1 Å². The SMILES string of the molecule is CCC(F)OOC(=O)c1ccccc1. The predicted octanol–water partition coefficient (Wildman–Crippen LogP) is 2.48. The third kappa shape index (κ3) is 3.14. The van der Waals surface area contributed by atoms with Gasteiger partial charge in [0.25, 0.3) is 0 Å². The topological polar surface area (TPSA) is 35.5 Å². The molecule has 1 unspecified atom stereocenters. The van der Waals surface area contributed by atoms with Crippen LogP contribution in [0, 0.1) is 0 Å². The number of benzene rings is 1. The molecule has 0 saturated carbocycles. The van der Waals surface area contributed by atoms with Gasteiger partial charge in [0.1, 0.15) is 0 Å². The van der Waals surface area contributed by atoms with Crippen LogP contribution in [0.5, 0.6) is 0 Å². The second kappa shape index (κ2) is 5.34. The first-order valence-corrected chi connectivity index (χ1v) is 4.30. The smallest absolute Gasteiger partial charge is 0.290 e. The van der Waals surface area contributed by atoms with E-state index in [0.717, 1.165) is 0 Å². The fraction of sp³-hybridized carbons (Fsp3) is 0.300. The molecule has 4 heteroatoms. The first kappa shape index (κ1) is 10.7. The Labute approximate surface area is 81.4 Å². The molecule has 76 valence electrons. The fourth-order valence-corrected chi connectivity index (χ4v) is 0.786. The molecular formula is C10H11FO3. The zero-order valence-electron chi connectivity index (χ0n) is 7.77. The van der Waals surface area contributed by atoms with Crippen LogP contribution in [0.4, 0.5) is 4.39 Å². The summed E-state index contributed by atoms with van der Waals surface area (Å²) in [6.45, 7) is 1.58. The number of hydrogen-bond donors (Lipinski definition) is 0. The quantitative estimate of drug-likeness (QED) is 0.550. The number of carbonyl (C=O) groups excluding carboxylic acids is 1. The summed E-state index contributed by atoms with van der Waals surface area (Å²) in [5.41, 5.74) is 0.329. The monoisotopic (exact) mass is 198 g/mol. The van der Waals surface area contributed by atoms with Crippen LogP contribution < -0.4 is 0 Å². The van der Waals surface area contributed by atoms with Crippen LogP contribution in [-0.4, -0.2) is 12.3 Å². The number of rotatable bonds is 4. The fourth-order valence-electron chi connectivity index (χ4n) is 0.786. The van der Waals surface area contributed by atoms with E-state index in [-0.39, 0.29) is 6.42 Å².